The van der Waals surface area contributed by atoms with Crippen LogP contribution >= 0.6 is 11.3 Å². The Morgan fingerprint density at radius 2 is 1.96 bits per heavy atom. The van der Waals surface area contributed by atoms with Gasteiger partial charge < -0.3 is 9.47 Å². The van der Waals surface area contributed by atoms with E-state index in [9.17, 15) is 4.79 Å². The Hall–Kier alpha value is -2.44. The van der Waals surface area contributed by atoms with E-state index in [1.807, 2.05) is 53.4 Å². The first-order valence-electron chi connectivity index (χ1n) is 7.91. The summed E-state index contributed by atoms with van der Waals surface area (Å²) < 4.78 is 2.01. The first-order valence-corrected chi connectivity index (χ1v) is 8.72. The van der Waals surface area contributed by atoms with Crippen molar-refractivity contribution in [3.05, 3.63) is 64.9 Å². The Kier molecular flexibility index (Phi) is 3.92. The number of aromatic nitrogens is 2. The normalized spacial score (nSPS) is 14.4. The first kappa shape index (κ1) is 15.1. The smallest absolute Gasteiger partial charge is 0.257 e. The highest BCUT2D eigenvalue weighted by atomic mass is 32.1. The summed E-state index contributed by atoms with van der Waals surface area (Å²) in [7, 11) is 2.10. The molecule has 3 heterocycles. The van der Waals surface area contributed by atoms with E-state index < -0.39 is 0 Å². The minimum absolute atomic E-state index is 0.117. The Morgan fingerprint density at radius 1 is 1.21 bits per heavy atom. The Labute approximate surface area is 144 Å². The predicted molar refractivity (Wildman–Crippen MR) is 95.9 cm³/mol. The summed E-state index contributed by atoms with van der Waals surface area (Å²) in [6.07, 6.45) is 4.90. The fraction of sp³-hybridized carbons (Fsp3) is 0.222. The summed E-state index contributed by atoms with van der Waals surface area (Å²) in [4.78, 5) is 20.5. The highest BCUT2D eigenvalue weighted by Crippen LogP contribution is 2.28. The molecule has 1 N–H and O–H groups in total. The van der Waals surface area contributed by atoms with E-state index in [4.69, 9.17) is 0 Å². The van der Waals surface area contributed by atoms with Crippen LogP contribution in [0.5, 0.6) is 0 Å². The van der Waals surface area contributed by atoms with Crippen LogP contribution in [0.1, 0.15) is 20.9 Å². The van der Waals surface area contributed by atoms with Gasteiger partial charge in [0.15, 0.2) is 5.13 Å². The van der Waals surface area contributed by atoms with Gasteiger partial charge in [-0.25, -0.2) is 4.98 Å². The van der Waals surface area contributed by atoms with Crippen molar-refractivity contribution >= 4 is 22.4 Å². The zero-order chi connectivity index (χ0) is 16.5. The van der Waals surface area contributed by atoms with Gasteiger partial charge in [-0.05, 0) is 43.4 Å². The number of hydrogen-bond acceptors (Lipinski definition) is 4. The lowest BCUT2D eigenvalue weighted by atomic mass is 10.2. The summed E-state index contributed by atoms with van der Waals surface area (Å²) in [5, 5.41) is 3.62. The van der Waals surface area contributed by atoms with Crippen LogP contribution in [0.4, 0.5) is 5.13 Å². The van der Waals surface area contributed by atoms with Crippen molar-refractivity contribution in [2.75, 3.05) is 18.9 Å². The number of hydrogen-bond donors (Lipinski definition) is 1. The van der Waals surface area contributed by atoms with E-state index in [-0.39, 0.29) is 5.91 Å². The molecule has 0 aliphatic carbocycles. The molecule has 0 unspecified atom stereocenters. The van der Waals surface area contributed by atoms with Crippen molar-refractivity contribution < 1.29 is 4.79 Å². The fourth-order valence-corrected chi connectivity index (χ4v) is 3.92. The van der Waals surface area contributed by atoms with Gasteiger partial charge >= 0.3 is 0 Å². The molecule has 1 aliphatic rings. The molecule has 4 rings (SSSR count). The lowest BCUT2D eigenvalue weighted by Gasteiger charge is -2.20. The van der Waals surface area contributed by atoms with Gasteiger partial charge in [0, 0.05) is 48.0 Å². The van der Waals surface area contributed by atoms with Crippen molar-refractivity contribution in [1.29, 1.82) is 0 Å². The second kappa shape index (κ2) is 6.22. The number of likely N-dealkylation sites (N-methyl/N-ethyl adjacent to an activating group) is 1. The van der Waals surface area contributed by atoms with Crippen LogP contribution in [0.15, 0.2) is 48.8 Å². The molecule has 1 amide bonds. The molecule has 0 saturated heterocycles. The number of amides is 1. The quantitative estimate of drug-likeness (QED) is 0.798. The lowest BCUT2D eigenvalue weighted by molar-refractivity contribution is 0.102. The molecule has 6 heteroatoms. The monoisotopic (exact) mass is 338 g/mol. The Morgan fingerprint density at radius 3 is 2.71 bits per heavy atom. The van der Waals surface area contributed by atoms with Crippen molar-refractivity contribution in [1.82, 2.24) is 14.5 Å². The standard InChI is InChI=1S/C18H18N4OS/c1-21-11-8-15-16(12-21)24-18(19-15)20-17(23)13-4-6-14(7-5-13)22-9-2-3-10-22/h2-7,9-10H,8,11-12H2,1H3,(H,19,20,23). The van der Waals surface area contributed by atoms with Crippen LogP contribution in [-0.2, 0) is 13.0 Å². The third kappa shape index (κ3) is 2.98. The summed E-state index contributed by atoms with van der Waals surface area (Å²) >= 11 is 1.57. The number of benzene rings is 1. The Balaban J connectivity index is 1.48. The van der Waals surface area contributed by atoms with Gasteiger partial charge in [0.05, 0.1) is 5.69 Å². The maximum absolute atomic E-state index is 12.4. The number of anilines is 1. The molecular formula is C18H18N4OS. The van der Waals surface area contributed by atoms with Crippen LogP contribution in [0.2, 0.25) is 0 Å². The molecule has 24 heavy (non-hydrogen) atoms. The number of carbonyl (C=O) groups is 1. The zero-order valence-corrected chi connectivity index (χ0v) is 14.2. The molecular weight excluding hydrogens is 320 g/mol. The largest absolute Gasteiger partial charge is 0.324 e. The predicted octanol–water partition coefficient (Wildman–Crippen LogP) is 3.17. The summed E-state index contributed by atoms with van der Waals surface area (Å²) in [5.74, 6) is -0.117. The van der Waals surface area contributed by atoms with E-state index >= 15 is 0 Å². The third-order valence-corrected chi connectivity index (χ3v) is 5.17. The second-order valence-electron chi connectivity index (χ2n) is 5.97. The van der Waals surface area contributed by atoms with Crippen LogP contribution in [0.3, 0.4) is 0 Å². The molecule has 3 aromatic rings. The fourth-order valence-electron chi connectivity index (χ4n) is 2.84. The number of nitrogens with one attached hydrogen (secondary N) is 1. The van der Waals surface area contributed by atoms with Crippen molar-refractivity contribution in [2.24, 2.45) is 0 Å². The highest BCUT2D eigenvalue weighted by molar-refractivity contribution is 7.15. The molecule has 1 aliphatic heterocycles. The topological polar surface area (TPSA) is 50.2 Å². The average Bonchev–Trinajstić information content (AvgIpc) is 3.23. The van der Waals surface area contributed by atoms with Crippen LogP contribution < -0.4 is 5.32 Å². The highest BCUT2D eigenvalue weighted by Gasteiger charge is 2.19. The van der Waals surface area contributed by atoms with Gasteiger partial charge in [0.2, 0.25) is 0 Å². The van der Waals surface area contributed by atoms with E-state index in [2.05, 4.69) is 22.2 Å². The number of fused-ring (bicyclic) bond motifs is 1. The van der Waals surface area contributed by atoms with Crippen molar-refractivity contribution in [2.45, 2.75) is 13.0 Å². The average molecular weight is 338 g/mol. The third-order valence-electron chi connectivity index (χ3n) is 4.17. The molecule has 0 atom stereocenters. The minimum Gasteiger partial charge on any atom is -0.324 e. The maximum Gasteiger partial charge on any atom is 0.257 e. The molecule has 0 radical (unpaired) electrons. The molecule has 1 aromatic carbocycles. The van der Waals surface area contributed by atoms with E-state index in [0.717, 1.165) is 30.9 Å². The second-order valence-corrected chi connectivity index (χ2v) is 7.05. The first-order chi connectivity index (χ1) is 11.7. The van der Waals surface area contributed by atoms with Gasteiger partial charge in [0.1, 0.15) is 0 Å². The van der Waals surface area contributed by atoms with E-state index in [1.54, 1.807) is 11.3 Å². The summed E-state index contributed by atoms with van der Waals surface area (Å²) in [5.41, 5.74) is 2.79. The van der Waals surface area contributed by atoms with Gasteiger partial charge in [-0.3, -0.25) is 10.1 Å². The molecule has 0 bridgehead atoms. The van der Waals surface area contributed by atoms with E-state index in [1.165, 1.54) is 4.88 Å². The number of rotatable bonds is 3. The molecule has 0 spiro atoms. The summed E-state index contributed by atoms with van der Waals surface area (Å²) in [6, 6.07) is 11.5. The van der Waals surface area contributed by atoms with Crippen molar-refractivity contribution in [3.63, 3.8) is 0 Å². The Bertz CT molecular complexity index is 852. The van der Waals surface area contributed by atoms with Gasteiger partial charge in [0.25, 0.3) is 5.91 Å². The maximum atomic E-state index is 12.4. The van der Waals surface area contributed by atoms with Crippen LogP contribution in [0.25, 0.3) is 5.69 Å². The minimum atomic E-state index is -0.117. The summed E-state index contributed by atoms with van der Waals surface area (Å²) in [6.45, 7) is 1.93. The SMILES string of the molecule is CN1CCc2nc(NC(=O)c3ccc(-n4cccc4)cc3)sc2C1. The zero-order valence-electron chi connectivity index (χ0n) is 13.4. The van der Waals surface area contributed by atoms with Crippen molar-refractivity contribution in [3.8, 4) is 5.69 Å². The molecule has 0 saturated carbocycles. The van der Waals surface area contributed by atoms with Gasteiger partial charge in [-0.2, -0.15) is 0 Å². The molecule has 0 fully saturated rings. The number of thiazole rings is 1. The number of carbonyl (C=O) groups excluding carboxylic acids is 1. The molecule has 2 aromatic heterocycles. The lowest BCUT2D eigenvalue weighted by Crippen LogP contribution is -2.25. The molecule has 122 valence electrons. The van der Waals surface area contributed by atoms with Gasteiger partial charge in [-0.15, -0.1) is 11.3 Å². The number of nitrogens with zero attached hydrogens (tertiary/aromatic N) is 3. The van der Waals surface area contributed by atoms with E-state index in [0.29, 0.717) is 10.7 Å². The molecule has 5 nitrogen and oxygen atoms in total. The van der Waals surface area contributed by atoms with Crippen LogP contribution in [0, 0.1) is 0 Å². The van der Waals surface area contributed by atoms with Crippen LogP contribution in [-0.4, -0.2) is 34.0 Å². The van der Waals surface area contributed by atoms with Gasteiger partial charge in [-0.1, -0.05) is 0 Å².